The van der Waals surface area contributed by atoms with Gasteiger partial charge in [0.25, 0.3) is 5.91 Å². The molecule has 0 radical (unpaired) electrons. The highest BCUT2D eigenvalue weighted by molar-refractivity contribution is 7.22. The molecule has 5 aromatic rings. The maximum atomic E-state index is 13.7. The number of rotatable bonds is 4. The number of hydrogen-bond acceptors (Lipinski definition) is 4. The van der Waals surface area contributed by atoms with Crippen molar-refractivity contribution in [3.63, 3.8) is 0 Å². The number of nitrogens with one attached hydrogen (secondary N) is 1. The van der Waals surface area contributed by atoms with Crippen molar-refractivity contribution in [2.45, 2.75) is 6.92 Å². The lowest BCUT2D eigenvalue weighted by atomic mass is 10.0. The Morgan fingerprint density at radius 3 is 2.31 bits per heavy atom. The van der Waals surface area contributed by atoms with Gasteiger partial charge in [-0.3, -0.25) is 4.79 Å². The number of amides is 1. The van der Waals surface area contributed by atoms with Crippen LogP contribution in [0.15, 0.2) is 91.0 Å². The largest absolute Gasteiger partial charge is 0.486 e. The van der Waals surface area contributed by atoms with E-state index in [4.69, 9.17) is 9.47 Å². The molecule has 0 bridgehead atoms. The molecule has 0 atom stereocenters. The first-order valence-corrected chi connectivity index (χ1v) is 12.4. The minimum absolute atomic E-state index is 0.144. The van der Waals surface area contributed by atoms with Crippen molar-refractivity contribution in [3.05, 3.63) is 102 Å². The monoisotopic (exact) mass is 477 g/mol. The maximum Gasteiger partial charge on any atom is 0.257 e. The third kappa shape index (κ3) is 4.15. The van der Waals surface area contributed by atoms with Crippen LogP contribution in [0.4, 0.5) is 5.69 Å². The first kappa shape index (κ1) is 21.4. The van der Waals surface area contributed by atoms with Crippen LogP contribution in [0.3, 0.4) is 0 Å². The average molecular weight is 478 g/mol. The van der Waals surface area contributed by atoms with Gasteiger partial charge in [-0.2, -0.15) is 0 Å². The number of anilines is 1. The third-order valence-corrected chi connectivity index (χ3v) is 7.34. The Kier molecular flexibility index (Phi) is 5.47. The molecule has 4 aromatic carbocycles. The Labute approximate surface area is 207 Å². The van der Waals surface area contributed by atoms with Gasteiger partial charge >= 0.3 is 0 Å². The van der Waals surface area contributed by atoms with Crippen molar-refractivity contribution in [2.75, 3.05) is 18.5 Å². The summed E-state index contributed by atoms with van der Waals surface area (Å²) < 4.78 is 12.4. The van der Waals surface area contributed by atoms with Crippen molar-refractivity contribution in [1.29, 1.82) is 0 Å². The molecule has 0 spiro atoms. The van der Waals surface area contributed by atoms with E-state index in [1.54, 1.807) is 11.3 Å². The summed E-state index contributed by atoms with van der Waals surface area (Å²) in [5.74, 6) is 1.20. The van der Waals surface area contributed by atoms with Crippen molar-refractivity contribution in [2.24, 2.45) is 0 Å². The summed E-state index contributed by atoms with van der Waals surface area (Å²) in [5.41, 5.74) is 5.91. The van der Waals surface area contributed by atoms with Crippen LogP contribution in [-0.2, 0) is 0 Å². The van der Waals surface area contributed by atoms with E-state index in [-0.39, 0.29) is 5.91 Å². The molecule has 35 heavy (non-hydrogen) atoms. The summed E-state index contributed by atoms with van der Waals surface area (Å²) in [7, 11) is 0. The van der Waals surface area contributed by atoms with Gasteiger partial charge < -0.3 is 14.8 Å². The lowest BCUT2D eigenvalue weighted by Gasteiger charge is -2.19. The fourth-order valence-electron chi connectivity index (χ4n) is 4.36. The van der Waals surface area contributed by atoms with E-state index in [2.05, 4.69) is 54.7 Å². The molecule has 0 saturated heterocycles. The zero-order valence-corrected chi connectivity index (χ0v) is 20.0. The fourth-order valence-corrected chi connectivity index (χ4v) is 5.60. The molecular formula is C30H23NO3S. The molecule has 1 amide bonds. The van der Waals surface area contributed by atoms with Crippen molar-refractivity contribution in [1.82, 2.24) is 0 Å². The number of carbonyl (C=O) groups is 1. The summed E-state index contributed by atoms with van der Waals surface area (Å²) in [6, 6.07) is 30.4. The van der Waals surface area contributed by atoms with Gasteiger partial charge in [0.1, 0.15) is 13.2 Å². The molecule has 4 nitrogen and oxygen atoms in total. The van der Waals surface area contributed by atoms with E-state index in [1.165, 1.54) is 5.56 Å². The molecule has 6 rings (SSSR count). The van der Waals surface area contributed by atoms with Crippen LogP contribution in [0.25, 0.3) is 31.7 Å². The highest BCUT2D eigenvalue weighted by Crippen LogP contribution is 2.41. The first-order chi connectivity index (χ1) is 17.2. The van der Waals surface area contributed by atoms with E-state index in [1.807, 2.05) is 48.5 Å². The number of fused-ring (bicyclic) bond motifs is 2. The predicted octanol–water partition coefficient (Wildman–Crippen LogP) is 7.57. The smallest absolute Gasteiger partial charge is 0.257 e. The Morgan fingerprint density at radius 1 is 0.771 bits per heavy atom. The highest BCUT2D eigenvalue weighted by Gasteiger charge is 2.22. The quantitative estimate of drug-likeness (QED) is 0.290. The predicted molar refractivity (Wildman–Crippen MR) is 143 cm³/mol. The Hall–Kier alpha value is -4.09. The average Bonchev–Trinajstić information content (AvgIpc) is 3.28. The zero-order valence-electron chi connectivity index (χ0n) is 19.2. The SMILES string of the molecule is Cc1ccc(-c2ccc3c(C(=O)Nc4ccc5c(c4)OCCO5)c(-c4ccccc4)sc3c2)cc1. The molecule has 172 valence electrons. The van der Waals surface area contributed by atoms with Gasteiger partial charge in [-0.05, 0) is 41.8 Å². The van der Waals surface area contributed by atoms with E-state index in [9.17, 15) is 4.79 Å². The van der Waals surface area contributed by atoms with Gasteiger partial charge in [-0.15, -0.1) is 11.3 Å². The van der Waals surface area contributed by atoms with Crippen LogP contribution in [0.1, 0.15) is 15.9 Å². The fraction of sp³-hybridized carbons (Fsp3) is 0.100. The van der Waals surface area contributed by atoms with E-state index >= 15 is 0 Å². The number of ether oxygens (including phenoxy) is 2. The van der Waals surface area contributed by atoms with Gasteiger partial charge in [0.2, 0.25) is 0 Å². The highest BCUT2D eigenvalue weighted by atomic mass is 32.1. The molecule has 2 heterocycles. The van der Waals surface area contributed by atoms with E-state index < -0.39 is 0 Å². The zero-order chi connectivity index (χ0) is 23.8. The third-order valence-electron chi connectivity index (χ3n) is 6.14. The van der Waals surface area contributed by atoms with Crippen molar-refractivity contribution in [3.8, 4) is 33.1 Å². The lowest BCUT2D eigenvalue weighted by molar-refractivity contribution is 0.102. The Morgan fingerprint density at radius 2 is 1.51 bits per heavy atom. The number of hydrogen-bond donors (Lipinski definition) is 1. The van der Waals surface area contributed by atoms with Crippen LogP contribution >= 0.6 is 11.3 Å². The lowest BCUT2D eigenvalue weighted by Crippen LogP contribution is -2.16. The van der Waals surface area contributed by atoms with E-state index in [0.29, 0.717) is 36.0 Å². The van der Waals surface area contributed by atoms with Crippen LogP contribution in [0, 0.1) is 6.92 Å². The summed E-state index contributed by atoms with van der Waals surface area (Å²) in [4.78, 5) is 14.6. The molecular weight excluding hydrogens is 454 g/mol. The maximum absolute atomic E-state index is 13.7. The Bertz CT molecular complexity index is 1540. The van der Waals surface area contributed by atoms with Crippen molar-refractivity contribution < 1.29 is 14.3 Å². The molecule has 1 N–H and O–H groups in total. The van der Waals surface area contributed by atoms with Crippen LogP contribution in [-0.4, -0.2) is 19.1 Å². The number of thiophene rings is 1. The minimum Gasteiger partial charge on any atom is -0.486 e. The molecule has 1 aliphatic rings. The van der Waals surface area contributed by atoms with Crippen molar-refractivity contribution >= 4 is 33.0 Å². The summed E-state index contributed by atoms with van der Waals surface area (Å²) in [6.45, 7) is 3.12. The van der Waals surface area contributed by atoms with E-state index in [0.717, 1.165) is 31.7 Å². The van der Waals surface area contributed by atoms with Gasteiger partial charge in [0.15, 0.2) is 11.5 Å². The Balaban J connectivity index is 1.43. The standard InChI is InChI=1S/C30H23NO3S/c1-19-7-9-20(10-8-19)22-11-13-24-27(17-22)35-29(21-5-3-2-4-6-21)28(24)30(32)31-23-12-14-25-26(18-23)34-16-15-33-25/h2-14,17-18H,15-16H2,1H3,(H,31,32). The molecule has 0 aliphatic carbocycles. The summed E-state index contributed by atoms with van der Waals surface area (Å²) in [6.07, 6.45) is 0. The molecule has 1 aliphatic heterocycles. The number of aryl methyl sites for hydroxylation is 1. The number of carbonyl (C=O) groups excluding carboxylic acids is 1. The summed E-state index contributed by atoms with van der Waals surface area (Å²) >= 11 is 1.65. The second-order valence-electron chi connectivity index (χ2n) is 8.56. The van der Waals surface area contributed by atoms with Crippen LogP contribution in [0.2, 0.25) is 0 Å². The van der Waals surface area contributed by atoms with Gasteiger partial charge in [-0.25, -0.2) is 0 Å². The van der Waals surface area contributed by atoms with Crippen LogP contribution < -0.4 is 14.8 Å². The topological polar surface area (TPSA) is 47.6 Å². The van der Waals surface area contributed by atoms with Gasteiger partial charge in [0.05, 0.1) is 5.56 Å². The summed E-state index contributed by atoms with van der Waals surface area (Å²) in [5, 5.41) is 4.03. The van der Waals surface area contributed by atoms with Gasteiger partial charge in [0, 0.05) is 26.7 Å². The molecule has 0 fully saturated rings. The molecule has 0 unspecified atom stereocenters. The molecule has 5 heteroatoms. The van der Waals surface area contributed by atoms with Crippen LogP contribution in [0.5, 0.6) is 11.5 Å². The second-order valence-corrected chi connectivity index (χ2v) is 9.61. The molecule has 0 saturated carbocycles. The second kappa shape index (κ2) is 8.93. The molecule has 1 aromatic heterocycles. The minimum atomic E-state index is -0.144. The van der Waals surface area contributed by atoms with Gasteiger partial charge in [-0.1, -0.05) is 72.3 Å². The first-order valence-electron chi connectivity index (χ1n) is 11.6. The number of benzene rings is 4. The normalized spacial score (nSPS) is 12.5.